The Bertz CT molecular complexity index is 656. The van der Waals surface area contributed by atoms with Crippen molar-refractivity contribution in [3.63, 3.8) is 0 Å². The normalized spacial score (nSPS) is 10.5. The first-order valence-electron chi connectivity index (χ1n) is 7.46. The monoisotopic (exact) mass is 313 g/mol. The Balaban J connectivity index is 1.89. The Morgan fingerprint density at radius 3 is 2.32 bits per heavy atom. The number of aryl methyl sites for hydroxylation is 4. The summed E-state index contributed by atoms with van der Waals surface area (Å²) < 4.78 is 0. The van der Waals surface area contributed by atoms with Gasteiger partial charge in [-0.2, -0.15) is 0 Å². The molecule has 0 aliphatic rings. The maximum Gasteiger partial charge on any atom is 0.234 e. The molecule has 2 aromatic carbocycles. The van der Waals surface area contributed by atoms with Crippen molar-refractivity contribution in [2.24, 2.45) is 0 Å². The third-order valence-electron chi connectivity index (χ3n) is 3.53. The molecule has 0 atom stereocenters. The second kappa shape index (κ2) is 7.50. The van der Waals surface area contributed by atoms with Crippen LogP contribution in [0.25, 0.3) is 0 Å². The third-order valence-corrected chi connectivity index (χ3v) is 4.53. The lowest BCUT2D eigenvalue weighted by atomic mass is 10.1. The van der Waals surface area contributed by atoms with Crippen molar-refractivity contribution in [2.45, 2.75) is 33.4 Å². The molecule has 0 aliphatic carbocycles. The van der Waals surface area contributed by atoms with Gasteiger partial charge in [-0.25, -0.2) is 0 Å². The van der Waals surface area contributed by atoms with Crippen molar-refractivity contribution in [2.75, 3.05) is 11.1 Å². The second-order valence-electron chi connectivity index (χ2n) is 5.80. The summed E-state index contributed by atoms with van der Waals surface area (Å²) in [5, 5.41) is 3.04. The number of rotatable bonds is 5. The van der Waals surface area contributed by atoms with E-state index in [4.69, 9.17) is 0 Å². The molecular weight excluding hydrogens is 290 g/mol. The van der Waals surface area contributed by atoms with Gasteiger partial charge in [-0.15, -0.1) is 11.8 Å². The number of benzene rings is 2. The number of thioether (sulfide) groups is 1. The zero-order chi connectivity index (χ0) is 16.1. The van der Waals surface area contributed by atoms with Gasteiger partial charge in [0.15, 0.2) is 0 Å². The Kier molecular flexibility index (Phi) is 5.67. The minimum Gasteiger partial charge on any atom is -0.325 e. The molecule has 0 saturated heterocycles. The topological polar surface area (TPSA) is 29.1 Å². The fourth-order valence-corrected chi connectivity index (χ4v) is 3.39. The first kappa shape index (κ1) is 16.6. The molecule has 0 fully saturated rings. The van der Waals surface area contributed by atoms with Crippen molar-refractivity contribution >= 4 is 23.4 Å². The Hall–Kier alpha value is -1.74. The van der Waals surface area contributed by atoms with Gasteiger partial charge in [-0.1, -0.05) is 47.5 Å². The van der Waals surface area contributed by atoms with Crippen LogP contribution >= 0.6 is 11.8 Å². The molecule has 0 saturated carbocycles. The van der Waals surface area contributed by atoms with E-state index in [-0.39, 0.29) is 5.91 Å². The molecule has 116 valence electrons. The molecule has 2 aromatic rings. The van der Waals surface area contributed by atoms with Crippen LogP contribution in [-0.4, -0.2) is 11.7 Å². The lowest BCUT2D eigenvalue weighted by Crippen LogP contribution is -2.16. The molecule has 2 rings (SSSR count). The number of hydrogen-bond donors (Lipinski definition) is 1. The predicted octanol–water partition coefficient (Wildman–Crippen LogP) is 4.79. The van der Waals surface area contributed by atoms with Crippen LogP contribution in [0.15, 0.2) is 36.4 Å². The van der Waals surface area contributed by atoms with Crippen LogP contribution in [-0.2, 0) is 10.5 Å². The van der Waals surface area contributed by atoms with Crippen molar-refractivity contribution in [3.05, 3.63) is 64.2 Å². The van der Waals surface area contributed by atoms with E-state index in [1.165, 1.54) is 16.7 Å². The fourth-order valence-electron chi connectivity index (χ4n) is 2.62. The van der Waals surface area contributed by atoms with Crippen LogP contribution in [0.2, 0.25) is 0 Å². The number of nitrogens with one attached hydrogen (secondary N) is 1. The van der Waals surface area contributed by atoms with Gasteiger partial charge in [0.25, 0.3) is 0 Å². The van der Waals surface area contributed by atoms with Crippen LogP contribution in [0.5, 0.6) is 0 Å². The lowest BCUT2D eigenvalue weighted by Gasteiger charge is -2.12. The minimum absolute atomic E-state index is 0.0627. The summed E-state index contributed by atoms with van der Waals surface area (Å²) in [6, 6.07) is 12.6. The number of anilines is 1. The van der Waals surface area contributed by atoms with E-state index in [2.05, 4.69) is 55.6 Å². The van der Waals surface area contributed by atoms with Gasteiger partial charge >= 0.3 is 0 Å². The van der Waals surface area contributed by atoms with Crippen LogP contribution in [0.1, 0.15) is 27.8 Å². The van der Waals surface area contributed by atoms with Crippen LogP contribution in [0.4, 0.5) is 5.69 Å². The van der Waals surface area contributed by atoms with E-state index < -0.39 is 0 Å². The zero-order valence-corrected chi connectivity index (χ0v) is 14.5. The summed E-state index contributed by atoms with van der Waals surface area (Å²) in [6.07, 6.45) is 0. The molecule has 0 heterocycles. The summed E-state index contributed by atoms with van der Waals surface area (Å²) in [5.41, 5.74) is 6.94. The Labute approximate surface area is 137 Å². The Morgan fingerprint density at radius 1 is 1.00 bits per heavy atom. The number of carbonyl (C=O) groups excluding carboxylic acids is 1. The van der Waals surface area contributed by atoms with Gasteiger partial charge in [-0.3, -0.25) is 4.79 Å². The standard InChI is InChI=1S/C19H23NOS/c1-13-6-5-7-17(10-13)11-22-12-18(21)20-19-15(3)8-14(2)9-16(19)4/h5-10H,11-12H2,1-4H3,(H,20,21). The molecule has 1 N–H and O–H groups in total. The first-order valence-corrected chi connectivity index (χ1v) is 8.62. The minimum atomic E-state index is 0.0627. The maximum absolute atomic E-state index is 12.1. The maximum atomic E-state index is 12.1. The molecule has 1 amide bonds. The molecule has 2 nitrogen and oxygen atoms in total. The smallest absolute Gasteiger partial charge is 0.234 e. The number of amides is 1. The average molecular weight is 313 g/mol. The summed E-state index contributed by atoms with van der Waals surface area (Å²) in [7, 11) is 0. The molecular formula is C19H23NOS. The molecule has 0 radical (unpaired) electrons. The summed E-state index contributed by atoms with van der Waals surface area (Å²) in [5.74, 6) is 1.40. The quantitative estimate of drug-likeness (QED) is 0.859. The molecule has 0 unspecified atom stereocenters. The van der Waals surface area contributed by atoms with Crippen LogP contribution in [0, 0.1) is 27.7 Å². The highest BCUT2D eigenvalue weighted by molar-refractivity contribution is 7.99. The zero-order valence-electron chi connectivity index (χ0n) is 13.7. The van der Waals surface area contributed by atoms with E-state index in [1.54, 1.807) is 11.8 Å². The number of hydrogen-bond acceptors (Lipinski definition) is 2. The van der Waals surface area contributed by atoms with Crippen molar-refractivity contribution in [3.8, 4) is 0 Å². The van der Waals surface area contributed by atoms with Gasteiger partial charge in [-0.05, 0) is 44.4 Å². The fraction of sp³-hybridized carbons (Fsp3) is 0.316. The van der Waals surface area contributed by atoms with Gasteiger partial charge in [0, 0.05) is 11.4 Å². The van der Waals surface area contributed by atoms with Crippen LogP contribution in [0.3, 0.4) is 0 Å². The Morgan fingerprint density at radius 2 is 1.68 bits per heavy atom. The molecule has 3 heteroatoms. The van der Waals surface area contributed by atoms with Crippen molar-refractivity contribution in [1.82, 2.24) is 0 Å². The third kappa shape index (κ3) is 4.63. The summed E-state index contributed by atoms with van der Waals surface area (Å²) in [6.45, 7) is 8.23. The van der Waals surface area contributed by atoms with E-state index in [0.29, 0.717) is 5.75 Å². The molecule has 0 aromatic heterocycles. The lowest BCUT2D eigenvalue weighted by molar-refractivity contribution is -0.113. The largest absolute Gasteiger partial charge is 0.325 e. The van der Waals surface area contributed by atoms with Gasteiger partial charge in [0.2, 0.25) is 5.91 Å². The summed E-state index contributed by atoms with van der Waals surface area (Å²) >= 11 is 1.65. The molecule has 0 aliphatic heterocycles. The van der Waals surface area contributed by atoms with E-state index in [0.717, 1.165) is 22.6 Å². The van der Waals surface area contributed by atoms with E-state index in [1.807, 2.05) is 13.8 Å². The highest BCUT2D eigenvalue weighted by Crippen LogP contribution is 2.22. The highest BCUT2D eigenvalue weighted by Gasteiger charge is 2.08. The van der Waals surface area contributed by atoms with Crippen LogP contribution < -0.4 is 5.32 Å². The molecule has 0 bridgehead atoms. The van der Waals surface area contributed by atoms with Gasteiger partial charge < -0.3 is 5.32 Å². The predicted molar refractivity (Wildman–Crippen MR) is 96.6 cm³/mol. The van der Waals surface area contributed by atoms with E-state index >= 15 is 0 Å². The van der Waals surface area contributed by atoms with E-state index in [9.17, 15) is 4.79 Å². The van der Waals surface area contributed by atoms with Gasteiger partial charge in [0.05, 0.1) is 5.75 Å². The molecule has 22 heavy (non-hydrogen) atoms. The summed E-state index contributed by atoms with van der Waals surface area (Å²) in [4.78, 5) is 12.1. The molecule has 0 spiro atoms. The SMILES string of the molecule is Cc1cccc(CSCC(=O)Nc2c(C)cc(C)cc2C)c1. The second-order valence-corrected chi connectivity index (χ2v) is 6.79. The highest BCUT2D eigenvalue weighted by atomic mass is 32.2. The van der Waals surface area contributed by atoms with Crippen molar-refractivity contribution in [1.29, 1.82) is 0 Å². The number of carbonyl (C=O) groups is 1. The average Bonchev–Trinajstić information content (AvgIpc) is 2.43. The van der Waals surface area contributed by atoms with Gasteiger partial charge in [0.1, 0.15) is 0 Å². The van der Waals surface area contributed by atoms with Crippen molar-refractivity contribution < 1.29 is 4.79 Å². The first-order chi connectivity index (χ1) is 10.5.